The summed E-state index contributed by atoms with van der Waals surface area (Å²) in [6.45, 7) is 25.2. The second kappa shape index (κ2) is 40.8. The van der Waals surface area contributed by atoms with E-state index in [0.29, 0.717) is 33.5 Å². The van der Waals surface area contributed by atoms with E-state index in [1.54, 1.807) is 22.3 Å². The van der Waals surface area contributed by atoms with E-state index in [1.807, 2.05) is 0 Å². The molecule has 21 rings (SSSR count). The topological polar surface area (TPSA) is 19.4 Å². The molecule has 0 unspecified atom stereocenters. The lowest BCUT2D eigenvalue weighted by Crippen LogP contribution is -2.34. The van der Waals surface area contributed by atoms with Crippen molar-refractivity contribution < 1.29 is 22.8 Å². The summed E-state index contributed by atoms with van der Waals surface area (Å²) in [6, 6.07) is 81.9. The van der Waals surface area contributed by atoms with E-state index in [0.717, 1.165) is 23.2 Å². The summed E-state index contributed by atoms with van der Waals surface area (Å²) in [6.07, 6.45) is 55.0. The smallest absolute Gasteiger partial charge is 0.201 e. The first-order valence-electron chi connectivity index (χ1n) is 52.3. The maximum absolute atomic E-state index is 2.52. The fourth-order valence-electron chi connectivity index (χ4n) is 26.4. The lowest BCUT2D eigenvalue weighted by atomic mass is 9.62. The molecule has 0 N–H and O–H groups in total. The zero-order valence-electron chi connectivity index (χ0n) is 84.2. The molecule has 0 saturated heterocycles. The Kier molecular flexibility index (Phi) is 29.1. The van der Waals surface area contributed by atoms with Gasteiger partial charge in [-0.2, -0.15) is 9.13 Å². The lowest BCUT2D eigenvalue weighted by molar-refractivity contribution is -0.660. The number of aromatic nitrogens is 5. The Labute approximate surface area is 796 Å². The van der Waals surface area contributed by atoms with Crippen LogP contribution in [0.5, 0.6) is 0 Å². The first-order valence-corrected chi connectivity index (χ1v) is 52.3. The van der Waals surface area contributed by atoms with Crippen LogP contribution in [0.1, 0.15) is 342 Å². The van der Waals surface area contributed by atoms with Crippen LogP contribution in [-0.4, -0.2) is 0 Å². The van der Waals surface area contributed by atoms with Crippen molar-refractivity contribution in [1.29, 1.82) is 0 Å². The van der Waals surface area contributed by atoms with Gasteiger partial charge in [-0.1, -0.05) is 200 Å². The van der Waals surface area contributed by atoms with Gasteiger partial charge < -0.3 is 0 Å². The highest BCUT2D eigenvalue weighted by atomic mass is 15.0. The standard InChI is InChI=1S/2C28H34N.C27H34N.C23H30N.C21H28N/c1-21-10-4-5-11-23(21)27-20-25(24-12-6-7-13-26(24)29(27)2)22-14-18-28(19-15-22)16-8-3-9-17-28;1-21-8-4-5-9-25(21)27-26-11-10-23(20-24(26)14-19-29(27)2)22-12-17-28(18-13-22)15-6-3-7-16-28;1-18-15-19(2)20(3)23(16-18)26-17-24(21-11-13-27(4,5)14-12-21)22-9-7-8-10-25(22)28(26)6;1-18-7-3-4-8-21(18)22-17-20(11-16-24(22)2)19-9-14-23(15-10-19)12-5-6-13-23;1-16-7-5-6-8-19(16)20-15-18(11-14-22(20)4)17-9-12-21(2,3)13-10-17/h4-7,10-13,20,22H,3,8-9,14-19H2,1-2H3;4-5,8-11,14,19-20,22H,3,6-7,12-13,15-18H2,1-2H3;7-10,15-17,21H,11-14H2,1-6H3;3-4,7-8,11,16-17,19H,5-6,9-10,12-15H2,1-2H3;5-8,11,14-15,17H,9-10,12-13H2,1-4H3/q5*+1. The third kappa shape index (κ3) is 21.0. The second-order valence-corrected chi connectivity index (χ2v) is 45.2. The number of aryl methyl sites for hydroxylation is 11. The van der Waals surface area contributed by atoms with E-state index in [4.69, 9.17) is 0 Å². The van der Waals surface area contributed by atoms with Gasteiger partial charge in [-0.25, -0.2) is 13.7 Å². The molecule has 688 valence electrons. The van der Waals surface area contributed by atoms with Crippen molar-refractivity contribution in [2.24, 2.45) is 62.3 Å². The zero-order valence-corrected chi connectivity index (χ0v) is 84.2. The predicted octanol–water partition coefficient (Wildman–Crippen LogP) is 32.3. The van der Waals surface area contributed by atoms with Crippen molar-refractivity contribution in [1.82, 2.24) is 0 Å². The van der Waals surface area contributed by atoms with E-state index < -0.39 is 0 Å². The molecular weight excluding hydrogens is 1600 g/mol. The monoisotopic (exact) mass is 1760 g/mol. The summed E-state index contributed by atoms with van der Waals surface area (Å²) in [5.74, 6) is 3.63. The quantitative estimate of drug-likeness (QED) is 0.122. The Bertz CT molecular complexity index is 6180. The molecule has 0 amide bonds. The van der Waals surface area contributed by atoms with Gasteiger partial charge in [-0.05, 0) is 387 Å². The van der Waals surface area contributed by atoms with Crippen molar-refractivity contribution in [3.63, 3.8) is 0 Å². The molecular formula is C127H160N5+5. The first-order chi connectivity index (χ1) is 63.7. The van der Waals surface area contributed by atoms with Crippen LogP contribution in [0.4, 0.5) is 0 Å². The van der Waals surface area contributed by atoms with Gasteiger partial charge in [0.2, 0.25) is 39.5 Å². The number of hydrogen-bond acceptors (Lipinski definition) is 0. The Balaban J connectivity index is 0.000000116. The molecule has 8 aliphatic carbocycles. The highest BCUT2D eigenvalue weighted by Gasteiger charge is 2.42. The Morgan fingerprint density at radius 1 is 0.250 bits per heavy atom. The molecule has 8 saturated carbocycles. The summed E-state index contributed by atoms with van der Waals surface area (Å²) >= 11 is 0. The average Bonchev–Trinajstić information content (AvgIpc) is 0.930. The minimum Gasteiger partial charge on any atom is -0.201 e. The van der Waals surface area contributed by atoms with Crippen LogP contribution in [0, 0.1) is 75.5 Å². The highest BCUT2D eigenvalue weighted by Crippen LogP contribution is 2.56. The number of para-hydroxylation sites is 2. The van der Waals surface area contributed by atoms with E-state index in [1.165, 1.54) is 352 Å². The molecule has 5 aromatic heterocycles. The molecule has 3 spiro atoms. The molecule has 132 heavy (non-hydrogen) atoms. The van der Waals surface area contributed by atoms with Crippen LogP contribution in [0.3, 0.4) is 0 Å². The lowest BCUT2D eigenvalue weighted by Gasteiger charge is -2.43. The van der Waals surface area contributed by atoms with Crippen LogP contribution in [-0.2, 0) is 35.2 Å². The summed E-state index contributed by atoms with van der Waals surface area (Å²) in [7, 11) is 10.9. The van der Waals surface area contributed by atoms with E-state index >= 15 is 0 Å². The Morgan fingerprint density at radius 3 is 1.00 bits per heavy atom. The maximum Gasteiger partial charge on any atom is 0.220 e. The SMILES string of the molecule is Cc1cc(C)c(C)c(-c2cc(C3CCC(C)(C)CC3)c3ccccc3[n+]2C)c1.Cc1ccccc1-c1c2ccc(C3CCC4(CCCCC4)CC3)cc2cc[n+]1C.Cc1ccccc1-c1cc(C2CCC(C)(C)CC2)cc[n+]1C.Cc1ccccc1-c1cc(C2CCC3(CCCC3)CC2)cc[n+]1C.Cc1ccccc1-c1cc(C2CCC3(CCCCC3)CC2)c2ccccc2[n+]1C. The molecule has 0 bridgehead atoms. The molecule has 13 aromatic rings. The van der Waals surface area contributed by atoms with Gasteiger partial charge in [-0.15, -0.1) is 0 Å². The molecule has 8 fully saturated rings. The van der Waals surface area contributed by atoms with Gasteiger partial charge in [-0.3, -0.25) is 0 Å². The van der Waals surface area contributed by atoms with Crippen molar-refractivity contribution >= 4 is 32.6 Å². The van der Waals surface area contributed by atoms with Crippen LogP contribution in [0.15, 0.2) is 237 Å². The number of benzene rings is 8. The molecule has 8 aliphatic rings. The summed E-state index contributed by atoms with van der Waals surface area (Å²) < 4.78 is 11.6. The van der Waals surface area contributed by atoms with Crippen molar-refractivity contribution in [3.05, 3.63) is 304 Å². The fourth-order valence-corrected chi connectivity index (χ4v) is 26.4. The number of rotatable bonds is 10. The summed E-state index contributed by atoms with van der Waals surface area (Å²) in [5.41, 5.74) is 36.7. The van der Waals surface area contributed by atoms with Gasteiger partial charge in [0.05, 0.1) is 5.39 Å². The van der Waals surface area contributed by atoms with Gasteiger partial charge in [0.1, 0.15) is 35.2 Å². The molecule has 0 atom stereocenters. The average molecular weight is 1760 g/mol. The normalized spacial score (nSPS) is 19.1. The number of hydrogen-bond donors (Lipinski definition) is 0. The van der Waals surface area contributed by atoms with Gasteiger partial charge in [0.25, 0.3) is 0 Å². The molecule has 8 aromatic carbocycles. The van der Waals surface area contributed by atoms with Crippen LogP contribution >= 0.6 is 0 Å². The van der Waals surface area contributed by atoms with Crippen molar-refractivity contribution in [2.75, 3.05) is 0 Å². The number of pyridine rings is 5. The van der Waals surface area contributed by atoms with Crippen molar-refractivity contribution in [2.45, 2.75) is 324 Å². The third-order valence-corrected chi connectivity index (χ3v) is 35.3. The summed E-state index contributed by atoms with van der Waals surface area (Å²) in [4.78, 5) is 0. The molecule has 5 nitrogen and oxygen atoms in total. The van der Waals surface area contributed by atoms with E-state index in [9.17, 15) is 0 Å². The molecule has 5 heteroatoms. The number of fused-ring (bicyclic) bond motifs is 3. The largest absolute Gasteiger partial charge is 0.220 e. The Hall–Kier alpha value is -9.71. The number of nitrogens with zero attached hydrogens (tertiary/aromatic N) is 5. The van der Waals surface area contributed by atoms with Gasteiger partial charge in [0.15, 0.2) is 18.6 Å². The molecule has 0 radical (unpaired) electrons. The minimum absolute atomic E-state index is 0.499. The van der Waals surface area contributed by atoms with Crippen LogP contribution in [0.2, 0.25) is 0 Å². The predicted molar refractivity (Wildman–Crippen MR) is 556 cm³/mol. The first kappa shape index (κ1) is 94.1. The molecule has 5 heterocycles. The maximum atomic E-state index is 2.52. The summed E-state index contributed by atoms with van der Waals surface area (Å²) in [5, 5.41) is 5.64. The van der Waals surface area contributed by atoms with E-state index in [2.05, 4.69) is 371 Å². The highest BCUT2D eigenvalue weighted by molar-refractivity contribution is 5.94. The van der Waals surface area contributed by atoms with Gasteiger partial charge >= 0.3 is 0 Å². The van der Waals surface area contributed by atoms with E-state index in [-0.39, 0.29) is 0 Å². The Morgan fingerprint density at radius 2 is 0.583 bits per heavy atom. The van der Waals surface area contributed by atoms with Crippen molar-refractivity contribution in [3.8, 4) is 56.3 Å². The van der Waals surface area contributed by atoms with Crippen LogP contribution in [0.25, 0.3) is 88.9 Å². The minimum atomic E-state index is 0.499. The fraction of sp³-hybridized carbons (Fsp3) is 0.472. The second-order valence-electron chi connectivity index (χ2n) is 45.2. The third-order valence-electron chi connectivity index (χ3n) is 35.3. The van der Waals surface area contributed by atoms with Gasteiger partial charge in [0, 0.05) is 93.2 Å². The van der Waals surface area contributed by atoms with Crippen LogP contribution < -0.4 is 22.8 Å². The zero-order chi connectivity index (χ0) is 92.1. The molecule has 0 aliphatic heterocycles.